The highest BCUT2D eigenvalue weighted by atomic mass is 19.1. The Bertz CT molecular complexity index is 905. The minimum atomic E-state index is -0.692. The molecule has 1 aromatic rings. The highest BCUT2D eigenvalue weighted by molar-refractivity contribution is 5.58. The van der Waals surface area contributed by atoms with Gasteiger partial charge in [0.1, 0.15) is 30.4 Å². The number of phenolic OH excluding ortho intramolecular Hbond substituents is 1. The third kappa shape index (κ3) is 7.45. The summed E-state index contributed by atoms with van der Waals surface area (Å²) in [4.78, 5) is 0. The number of aromatic hydroxyl groups is 1. The number of fused-ring (bicyclic) bond motifs is 1. The van der Waals surface area contributed by atoms with Crippen LogP contribution in [0.4, 0.5) is 8.78 Å². The molecule has 0 unspecified atom stereocenters. The van der Waals surface area contributed by atoms with Gasteiger partial charge < -0.3 is 9.84 Å². The fraction of sp³-hybridized carbons (Fsp3) is 0.586. The average molecular weight is 461 g/mol. The second-order valence-electron chi connectivity index (χ2n) is 9.93. The lowest BCUT2D eigenvalue weighted by Gasteiger charge is -2.38. The van der Waals surface area contributed by atoms with Crippen LogP contribution in [0, 0.1) is 20.8 Å². The van der Waals surface area contributed by atoms with Crippen LogP contribution in [0.3, 0.4) is 0 Å². The Morgan fingerprint density at radius 3 is 2.09 bits per heavy atom. The van der Waals surface area contributed by atoms with Gasteiger partial charge >= 0.3 is 0 Å². The van der Waals surface area contributed by atoms with E-state index in [0.717, 1.165) is 72.9 Å². The van der Waals surface area contributed by atoms with Crippen molar-refractivity contribution in [2.75, 3.05) is 13.3 Å². The van der Waals surface area contributed by atoms with Crippen LogP contribution < -0.4 is 4.74 Å². The van der Waals surface area contributed by atoms with Crippen LogP contribution in [0.5, 0.6) is 11.5 Å². The SMILES string of the molecule is C/C(=C\CC/C(C)=C/CC[C@]1(C)CCc2c(C)c(O)c(C)c(C)c2O1)CCC=C(CF)CF. The van der Waals surface area contributed by atoms with Crippen LogP contribution in [0.25, 0.3) is 0 Å². The number of rotatable bonds is 11. The molecule has 1 aromatic carbocycles. The van der Waals surface area contributed by atoms with Crippen molar-refractivity contribution < 1.29 is 18.6 Å². The van der Waals surface area contributed by atoms with Gasteiger partial charge in [0.05, 0.1) is 0 Å². The van der Waals surface area contributed by atoms with Crippen LogP contribution in [0.15, 0.2) is 34.9 Å². The Labute approximate surface area is 199 Å². The third-order valence-corrected chi connectivity index (χ3v) is 7.10. The fourth-order valence-electron chi connectivity index (χ4n) is 4.49. The van der Waals surface area contributed by atoms with Gasteiger partial charge in [-0.25, -0.2) is 8.78 Å². The van der Waals surface area contributed by atoms with Crippen LogP contribution in [-0.4, -0.2) is 24.1 Å². The summed E-state index contributed by atoms with van der Waals surface area (Å²) < 4.78 is 31.5. The molecule has 1 heterocycles. The van der Waals surface area contributed by atoms with Crippen LogP contribution in [0.2, 0.25) is 0 Å². The molecule has 0 radical (unpaired) electrons. The van der Waals surface area contributed by atoms with Crippen LogP contribution in [0.1, 0.15) is 88.0 Å². The lowest BCUT2D eigenvalue weighted by atomic mass is 9.85. The van der Waals surface area contributed by atoms with Crippen molar-refractivity contribution >= 4 is 0 Å². The Kier molecular flexibility index (Phi) is 10.2. The average Bonchev–Trinajstić information content (AvgIpc) is 2.79. The van der Waals surface area contributed by atoms with E-state index in [9.17, 15) is 13.9 Å². The lowest BCUT2D eigenvalue weighted by molar-refractivity contribution is 0.0558. The maximum absolute atomic E-state index is 12.5. The number of phenols is 1. The second-order valence-corrected chi connectivity index (χ2v) is 9.93. The van der Waals surface area contributed by atoms with E-state index >= 15 is 0 Å². The van der Waals surface area contributed by atoms with Crippen molar-refractivity contribution in [3.05, 3.63) is 57.2 Å². The van der Waals surface area contributed by atoms with E-state index < -0.39 is 13.3 Å². The van der Waals surface area contributed by atoms with E-state index in [4.69, 9.17) is 4.74 Å². The Balaban J connectivity index is 1.84. The maximum Gasteiger partial charge on any atom is 0.127 e. The summed E-state index contributed by atoms with van der Waals surface area (Å²) >= 11 is 0. The predicted octanol–water partition coefficient (Wildman–Crippen LogP) is 8.50. The van der Waals surface area contributed by atoms with Crippen LogP contribution >= 0.6 is 0 Å². The number of hydrogen-bond donors (Lipinski definition) is 1. The molecule has 0 fully saturated rings. The molecule has 0 bridgehead atoms. The number of benzene rings is 1. The Morgan fingerprint density at radius 2 is 1.48 bits per heavy atom. The van der Waals surface area contributed by atoms with E-state index in [1.165, 1.54) is 11.1 Å². The van der Waals surface area contributed by atoms with Gasteiger partial charge in [0.25, 0.3) is 0 Å². The summed E-state index contributed by atoms with van der Waals surface area (Å²) in [6.07, 6.45) is 13.6. The minimum absolute atomic E-state index is 0.188. The van der Waals surface area contributed by atoms with Crippen molar-refractivity contribution in [3.63, 3.8) is 0 Å². The lowest BCUT2D eigenvalue weighted by Crippen LogP contribution is -2.37. The number of halogens is 2. The number of hydrogen-bond acceptors (Lipinski definition) is 2. The molecule has 33 heavy (non-hydrogen) atoms. The molecule has 0 aromatic heterocycles. The number of ether oxygens (including phenoxy) is 1. The largest absolute Gasteiger partial charge is 0.507 e. The standard InChI is InChI=1S/C29H42F2O2/c1-20(12-8-14-25(18-30)19-31)10-7-11-21(2)13-9-16-29(6)17-15-26-24(5)27(32)22(3)23(4)28(26)33-29/h10,13-14,32H,7-9,11-12,15-19H2,1-6H3/b20-10+,21-13+/t29-/m1/s1. The van der Waals surface area contributed by atoms with Crippen molar-refractivity contribution in [1.82, 2.24) is 0 Å². The molecule has 2 nitrogen and oxygen atoms in total. The smallest absolute Gasteiger partial charge is 0.127 e. The van der Waals surface area contributed by atoms with E-state index in [2.05, 4.69) is 32.9 Å². The molecule has 0 saturated heterocycles. The van der Waals surface area contributed by atoms with E-state index in [-0.39, 0.29) is 11.2 Å². The monoisotopic (exact) mass is 460 g/mol. The van der Waals surface area contributed by atoms with E-state index in [1.807, 2.05) is 20.8 Å². The summed E-state index contributed by atoms with van der Waals surface area (Å²) in [7, 11) is 0. The zero-order chi connectivity index (χ0) is 24.6. The fourth-order valence-corrected chi connectivity index (χ4v) is 4.49. The van der Waals surface area contributed by atoms with Gasteiger partial charge in [-0.15, -0.1) is 0 Å². The van der Waals surface area contributed by atoms with Gasteiger partial charge in [-0.2, -0.15) is 0 Å². The highest BCUT2D eigenvalue weighted by Crippen LogP contribution is 2.44. The molecular formula is C29H42F2O2. The quantitative estimate of drug-likeness (QED) is 0.335. The molecule has 1 N–H and O–H groups in total. The molecule has 0 aliphatic carbocycles. The van der Waals surface area contributed by atoms with Gasteiger partial charge in [0.15, 0.2) is 0 Å². The summed E-state index contributed by atoms with van der Waals surface area (Å²) in [6.45, 7) is 11.1. The zero-order valence-corrected chi connectivity index (χ0v) is 21.4. The van der Waals surface area contributed by atoms with Crippen molar-refractivity contribution in [1.29, 1.82) is 0 Å². The molecule has 1 aliphatic rings. The topological polar surface area (TPSA) is 29.5 Å². The Hall–Kier alpha value is -2.10. The summed E-state index contributed by atoms with van der Waals surface area (Å²) in [6, 6.07) is 0. The van der Waals surface area contributed by atoms with Crippen molar-refractivity contribution in [2.24, 2.45) is 0 Å². The molecule has 0 saturated carbocycles. The first-order valence-corrected chi connectivity index (χ1v) is 12.2. The molecule has 1 aliphatic heterocycles. The normalized spacial score (nSPS) is 18.7. The van der Waals surface area contributed by atoms with Gasteiger partial charge in [-0.1, -0.05) is 29.4 Å². The molecule has 0 spiro atoms. The van der Waals surface area contributed by atoms with Crippen molar-refractivity contribution in [3.8, 4) is 11.5 Å². The molecule has 2 rings (SSSR count). The number of alkyl halides is 2. The first-order chi connectivity index (χ1) is 15.6. The van der Waals surface area contributed by atoms with Gasteiger partial charge in [0, 0.05) is 5.56 Å². The summed E-state index contributed by atoms with van der Waals surface area (Å²) in [5.74, 6) is 1.37. The predicted molar refractivity (Wildman–Crippen MR) is 135 cm³/mol. The molecule has 0 amide bonds. The molecule has 4 heteroatoms. The Morgan fingerprint density at radius 1 is 0.909 bits per heavy atom. The zero-order valence-electron chi connectivity index (χ0n) is 21.4. The summed E-state index contributed by atoms with van der Waals surface area (Å²) in [5.41, 5.74) is 6.78. The van der Waals surface area contributed by atoms with Crippen LogP contribution in [-0.2, 0) is 6.42 Å². The molecular weight excluding hydrogens is 418 g/mol. The molecule has 1 atom stereocenters. The minimum Gasteiger partial charge on any atom is -0.507 e. The van der Waals surface area contributed by atoms with Crippen molar-refractivity contribution in [2.45, 2.75) is 98.5 Å². The van der Waals surface area contributed by atoms with E-state index in [1.54, 1.807) is 6.08 Å². The molecule has 184 valence electrons. The highest BCUT2D eigenvalue weighted by Gasteiger charge is 2.33. The third-order valence-electron chi connectivity index (χ3n) is 7.10. The second kappa shape index (κ2) is 12.4. The van der Waals surface area contributed by atoms with E-state index in [0.29, 0.717) is 12.2 Å². The summed E-state index contributed by atoms with van der Waals surface area (Å²) in [5, 5.41) is 10.4. The first-order valence-electron chi connectivity index (χ1n) is 12.2. The number of allylic oxidation sites excluding steroid dienone is 6. The first kappa shape index (κ1) is 27.1. The van der Waals surface area contributed by atoms with Gasteiger partial charge in [-0.3, -0.25) is 0 Å². The maximum atomic E-state index is 12.5. The van der Waals surface area contributed by atoms with Gasteiger partial charge in [-0.05, 0) is 115 Å². The van der Waals surface area contributed by atoms with Gasteiger partial charge in [0.2, 0.25) is 0 Å².